The number of unbranched alkanes of at least 4 members (excludes halogenated alkanes) is 8. The van der Waals surface area contributed by atoms with Gasteiger partial charge in [0.25, 0.3) is 0 Å². The molecule has 0 aromatic heterocycles. The van der Waals surface area contributed by atoms with Crippen molar-refractivity contribution >= 4 is 5.97 Å². The Morgan fingerprint density at radius 3 is 1.76 bits per heavy atom. The number of hydrogen-bond donors (Lipinski definition) is 0. The van der Waals surface area contributed by atoms with Gasteiger partial charge in [-0.3, -0.25) is 4.79 Å². The van der Waals surface area contributed by atoms with E-state index in [4.69, 9.17) is 4.74 Å². The highest BCUT2D eigenvalue weighted by molar-refractivity contribution is 5.69. The molecule has 0 aromatic rings. The van der Waals surface area contributed by atoms with Gasteiger partial charge in [0.2, 0.25) is 0 Å². The quantitative estimate of drug-likeness (QED) is 0.129. The summed E-state index contributed by atoms with van der Waals surface area (Å²) >= 11 is 0. The fourth-order valence-corrected chi connectivity index (χ4v) is 3.27. The first kappa shape index (κ1) is 27.7. The maximum Gasteiger partial charge on any atom is 0.306 e. The van der Waals surface area contributed by atoms with Crippen molar-refractivity contribution in [2.45, 2.75) is 125 Å². The van der Waals surface area contributed by atoms with Gasteiger partial charge in [0.15, 0.2) is 0 Å². The van der Waals surface area contributed by atoms with Crippen LogP contribution in [-0.2, 0) is 9.53 Å². The SMILES string of the molecule is CCCCCCCCCCCC(=O)OC/C=C(/C)CC/C=C(/C)CCC=C(C)C. The Balaban J connectivity index is 3.67. The van der Waals surface area contributed by atoms with Crippen molar-refractivity contribution in [3.05, 3.63) is 34.9 Å². The molecular formula is C27H48O2. The predicted molar refractivity (Wildman–Crippen MR) is 128 cm³/mol. The molecule has 0 bridgehead atoms. The summed E-state index contributed by atoms with van der Waals surface area (Å²) in [5, 5.41) is 0. The molecule has 2 nitrogen and oxygen atoms in total. The molecule has 0 amide bonds. The summed E-state index contributed by atoms with van der Waals surface area (Å²) in [4.78, 5) is 11.8. The standard InChI is InChI=1S/C27H48O2/c1-6-7-8-9-10-11-12-13-14-21-27(28)29-23-22-26(5)20-16-19-25(4)18-15-17-24(2)3/h17,19,22H,6-16,18,20-21,23H2,1-5H3/b25-19-,26-22-. The fraction of sp³-hybridized carbons (Fsp3) is 0.741. The summed E-state index contributed by atoms with van der Waals surface area (Å²) in [6.45, 7) is 11.3. The van der Waals surface area contributed by atoms with Gasteiger partial charge in [-0.2, -0.15) is 0 Å². The van der Waals surface area contributed by atoms with E-state index in [1.165, 1.54) is 61.7 Å². The third-order valence-corrected chi connectivity index (χ3v) is 5.28. The van der Waals surface area contributed by atoms with Crippen molar-refractivity contribution in [1.82, 2.24) is 0 Å². The number of allylic oxidation sites excluding steroid dienone is 5. The molecule has 0 N–H and O–H groups in total. The number of esters is 1. The van der Waals surface area contributed by atoms with Crippen LogP contribution in [0.4, 0.5) is 0 Å². The van der Waals surface area contributed by atoms with Gasteiger partial charge in [0.1, 0.15) is 6.61 Å². The molecule has 0 aromatic carbocycles. The van der Waals surface area contributed by atoms with Crippen LogP contribution >= 0.6 is 0 Å². The lowest BCUT2D eigenvalue weighted by atomic mass is 10.1. The molecule has 2 heteroatoms. The molecule has 0 aliphatic rings. The molecule has 0 heterocycles. The lowest BCUT2D eigenvalue weighted by molar-refractivity contribution is -0.142. The van der Waals surface area contributed by atoms with Crippen LogP contribution in [0.1, 0.15) is 125 Å². The fourth-order valence-electron chi connectivity index (χ4n) is 3.27. The second-order valence-electron chi connectivity index (χ2n) is 8.72. The maximum absolute atomic E-state index is 11.8. The average Bonchev–Trinajstić information content (AvgIpc) is 2.66. The van der Waals surface area contributed by atoms with E-state index in [1.54, 1.807) is 0 Å². The predicted octanol–water partition coefficient (Wildman–Crippen LogP) is 8.87. The van der Waals surface area contributed by atoms with Crippen LogP contribution in [0, 0.1) is 0 Å². The molecule has 0 spiro atoms. The zero-order valence-corrected chi connectivity index (χ0v) is 20.2. The zero-order chi connectivity index (χ0) is 21.7. The second kappa shape index (κ2) is 20.0. The summed E-state index contributed by atoms with van der Waals surface area (Å²) in [7, 11) is 0. The Hall–Kier alpha value is -1.31. The van der Waals surface area contributed by atoms with Crippen LogP contribution in [-0.4, -0.2) is 12.6 Å². The first-order valence-corrected chi connectivity index (χ1v) is 12.1. The number of hydrogen-bond acceptors (Lipinski definition) is 2. The first-order chi connectivity index (χ1) is 14.0. The summed E-state index contributed by atoms with van der Waals surface area (Å²) in [5.41, 5.74) is 4.15. The molecule has 0 saturated heterocycles. The van der Waals surface area contributed by atoms with Gasteiger partial charge in [-0.1, -0.05) is 87.2 Å². The third-order valence-electron chi connectivity index (χ3n) is 5.28. The monoisotopic (exact) mass is 404 g/mol. The number of carbonyl (C=O) groups excluding carboxylic acids is 1. The number of ether oxygens (including phenoxy) is 1. The van der Waals surface area contributed by atoms with Gasteiger partial charge in [0.05, 0.1) is 0 Å². The Labute approximate surface area is 181 Å². The second-order valence-corrected chi connectivity index (χ2v) is 8.72. The molecule has 0 aliphatic carbocycles. The van der Waals surface area contributed by atoms with Crippen molar-refractivity contribution in [1.29, 1.82) is 0 Å². The van der Waals surface area contributed by atoms with E-state index in [1.807, 2.05) is 0 Å². The van der Waals surface area contributed by atoms with Crippen LogP contribution < -0.4 is 0 Å². The van der Waals surface area contributed by atoms with Crippen molar-refractivity contribution in [2.75, 3.05) is 6.61 Å². The van der Waals surface area contributed by atoms with Gasteiger partial charge < -0.3 is 4.74 Å². The minimum absolute atomic E-state index is 0.0491. The Morgan fingerprint density at radius 2 is 1.17 bits per heavy atom. The lowest BCUT2D eigenvalue weighted by Gasteiger charge is -2.04. The Morgan fingerprint density at radius 1 is 0.655 bits per heavy atom. The molecule has 0 aliphatic heterocycles. The zero-order valence-electron chi connectivity index (χ0n) is 20.2. The Bertz CT molecular complexity index is 493. The minimum Gasteiger partial charge on any atom is -0.461 e. The highest BCUT2D eigenvalue weighted by atomic mass is 16.5. The van der Waals surface area contributed by atoms with Crippen molar-refractivity contribution in [3.63, 3.8) is 0 Å². The van der Waals surface area contributed by atoms with Gasteiger partial charge in [-0.05, 0) is 65.9 Å². The molecule has 0 atom stereocenters. The van der Waals surface area contributed by atoms with Gasteiger partial charge >= 0.3 is 5.97 Å². The molecule has 0 rings (SSSR count). The average molecular weight is 405 g/mol. The summed E-state index contributed by atoms with van der Waals surface area (Å²) in [6.07, 6.45) is 23.1. The molecule has 0 fully saturated rings. The summed E-state index contributed by atoms with van der Waals surface area (Å²) in [6, 6.07) is 0. The van der Waals surface area contributed by atoms with E-state index < -0.39 is 0 Å². The topological polar surface area (TPSA) is 26.3 Å². The third kappa shape index (κ3) is 21.2. The lowest BCUT2D eigenvalue weighted by Crippen LogP contribution is -2.04. The summed E-state index contributed by atoms with van der Waals surface area (Å²) in [5.74, 6) is -0.0491. The molecular weight excluding hydrogens is 356 g/mol. The van der Waals surface area contributed by atoms with E-state index in [0.717, 1.165) is 38.5 Å². The van der Waals surface area contributed by atoms with Crippen LogP contribution in [0.3, 0.4) is 0 Å². The van der Waals surface area contributed by atoms with E-state index in [9.17, 15) is 4.79 Å². The van der Waals surface area contributed by atoms with Crippen LogP contribution in [0.2, 0.25) is 0 Å². The van der Waals surface area contributed by atoms with E-state index >= 15 is 0 Å². The van der Waals surface area contributed by atoms with Crippen LogP contribution in [0.15, 0.2) is 34.9 Å². The largest absolute Gasteiger partial charge is 0.461 e. The molecule has 168 valence electrons. The summed E-state index contributed by atoms with van der Waals surface area (Å²) < 4.78 is 5.35. The normalized spacial score (nSPS) is 12.2. The van der Waals surface area contributed by atoms with E-state index in [-0.39, 0.29) is 5.97 Å². The van der Waals surface area contributed by atoms with Gasteiger partial charge in [-0.15, -0.1) is 0 Å². The Kier molecular flexibility index (Phi) is 19.1. The molecule has 0 radical (unpaired) electrons. The van der Waals surface area contributed by atoms with Crippen molar-refractivity contribution in [2.24, 2.45) is 0 Å². The van der Waals surface area contributed by atoms with Gasteiger partial charge in [-0.25, -0.2) is 0 Å². The number of carbonyl (C=O) groups is 1. The maximum atomic E-state index is 11.8. The van der Waals surface area contributed by atoms with Crippen molar-refractivity contribution in [3.8, 4) is 0 Å². The van der Waals surface area contributed by atoms with Crippen LogP contribution in [0.25, 0.3) is 0 Å². The van der Waals surface area contributed by atoms with Gasteiger partial charge in [0, 0.05) is 6.42 Å². The van der Waals surface area contributed by atoms with Crippen LogP contribution in [0.5, 0.6) is 0 Å². The smallest absolute Gasteiger partial charge is 0.306 e. The first-order valence-electron chi connectivity index (χ1n) is 12.1. The van der Waals surface area contributed by atoms with E-state index in [0.29, 0.717) is 13.0 Å². The molecule has 0 unspecified atom stereocenters. The highest BCUT2D eigenvalue weighted by Gasteiger charge is 2.02. The number of rotatable bonds is 18. The highest BCUT2D eigenvalue weighted by Crippen LogP contribution is 2.12. The van der Waals surface area contributed by atoms with E-state index in [2.05, 4.69) is 52.8 Å². The molecule has 0 saturated carbocycles. The molecule has 29 heavy (non-hydrogen) atoms. The minimum atomic E-state index is -0.0491. The van der Waals surface area contributed by atoms with Crippen molar-refractivity contribution < 1.29 is 9.53 Å².